The Morgan fingerprint density at radius 2 is 2.12 bits per heavy atom. The smallest absolute Gasteiger partial charge is 0.0700 e. The first-order valence-corrected chi connectivity index (χ1v) is 7.24. The van der Waals surface area contributed by atoms with Crippen LogP contribution in [0.25, 0.3) is 0 Å². The number of nitrogens with two attached hydrogens (primary N) is 1. The summed E-state index contributed by atoms with van der Waals surface area (Å²) in [6.07, 6.45) is 6.72. The van der Waals surface area contributed by atoms with Crippen LogP contribution in [0.4, 0.5) is 0 Å². The van der Waals surface area contributed by atoms with Crippen molar-refractivity contribution in [3.05, 3.63) is 0 Å². The standard InChI is InChI=1S/C14H28N2O/c1-11-5-3-7-14(10-15,12(11)2)16-9-13-6-4-8-17-13/h11-13,16H,3-10,15H2,1-2H3. The molecule has 0 radical (unpaired) electrons. The van der Waals surface area contributed by atoms with E-state index in [4.69, 9.17) is 10.5 Å². The third-order valence-corrected chi connectivity index (χ3v) is 5.08. The first-order chi connectivity index (χ1) is 8.18. The molecule has 0 aromatic rings. The van der Waals surface area contributed by atoms with Crippen molar-refractivity contribution in [3.63, 3.8) is 0 Å². The van der Waals surface area contributed by atoms with Gasteiger partial charge in [0.1, 0.15) is 0 Å². The summed E-state index contributed by atoms with van der Waals surface area (Å²) in [6, 6.07) is 0. The minimum Gasteiger partial charge on any atom is -0.377 e. The predicted molar refractivity (Wildman–Crippen MR) is 70.9 cm³/mol. The molecule has 100 valence electrons. The van der Waals surface area contributed by atoms with Crippen LogP contribution >= 0.6 is 0 Å². The highest BCUT2D eigenvalue weighted by atomic mass is 16.5. The summed E-state index contributed by atoms with van der Waals surface area (Å²) in [5.74, 6) is 1.45. The Kier molecular flexibility index (Phi) is 4.45. The van der Waals surface area contributed by atoms with E-state index in [-0.39, 0.29) is 5.54 Å². The second kappa shape index (κ2) is 5.68. The average molecular weight is 240 g/mol. The maximum Gasteiger partial charge on any atom is 0.0700 e. The van der Waals surface area contributed by atoms with Gasteiger partial charge < -0.3 is 15.8 Å². The Labute approximate surface area is 105 Å². The largest absolute Gasteiger partial charge is 0.377 e. The molecule has 1 saturated heterocycles. The van der Waals surface area contributed by atoms with Crippen LogP contribution in [0, 0.1) is 11.8 Å². The molecule has 3 N–H and O–H groups in total. The number of rotatable bonds is 4. The van der Waals surface area contributed by atoms with E-state index in [1.54, 1.807) is 0 Å². The Bertz CT molecular complexity index is 240. The maximum absolute atomic E-state index is 6.07. The minimum absolute atomic E-state index is 0.156. The first kappa shape index (κ1) is 13.3. The SMILES string of the molecule is CC1CCCC(CN)(NCC2CCCO2)C1C. The fourth-order valence-electron chi connectivity index (χ4n) is 3.49. The number of nitrogens with one attached hydrogen (secondary N) is 1. The zero-order valence-electron chi connectivity index (χ0n) is 11.4. The van der Waals surface area contributed by atoms with E-state index in [1.165, 1.54) is 32.1 Å². The van der Waals surface area contributed by atoms with Gasteiger partial charge in [0, 0.05) is 25.2 Å². The lowest BCUT2D eigenvalue weighted by molar-refractivity contribution is 0.0690. The molecule has 3 nitrogen and oxygen atoms in total. The second-order valence-electron chi connectivity index (χ2n) is 6.03. The zero-order valence-corrected chi connectivity index (χ0v) is 11.4. The molecule has 2 rings (SSSR count). The maximum atomic E-state index is 6.07. The lowest BCUT2D eigenvalue weighted by Gasteiger charge is -2.46. The van der Waals surface area contributed by atoms with Crippen LogP contribution in [0.15, 0.2) is 0 Å². The van der Waals surface area contributed by atoms with Crippen LogP contribution < -0.4 is 11.1 Å². The highest BCUT2D eigenvalue weighted by Crippen LogP contribution is 2.37. The normalized spacial score (nSPS) is 42.9. The molecular formula is C14H28N2O. The Morgan fingerprint density at radius 3 is 2.76 bits per heavy atom. The summed E-state index contributed by atoms with van der Waals surface area (Å²) < 4.78 is 5.69. The summed E-state index contributed by atoms with van der Waals surface area (Å²) in [4.78, 5) is 0. The zero-order chi connectivity index (χ0) is 12.3. The van der Waals surface area contributed by atoms with Gasteiger partial charge in [0.15, 0.2) is 0 Å². The molecule has 0 aromatic carbocycles. The Morgan fingerprint density at radius 1 is 1.29 bits per heavy atom. The summed E-state index contributed by atoms with van der Waals surface area (Å²) in [5.41, 5.74) is 6.23. The molecule has 1 saturated carbocycles. The van der Waals surface area contributed by atoms with Crippen molar-refractivity contribution in [2.45, 2.75) is 57.6 Å². The molecule has 2 fully saturated rings. The lowest BCUT2D eigenvalue weighted by Crippen LogP contribution is -2.60. The molecule has 0 aromatic heterocycles. The molecule has 3 heteroatoms. The van der Waals surface area contributed by atoms with Gasteiger partial charge >= 0.3 is 0 Å². The van der Waals surface area contributed by atoms with E-state index in [1.807, 2.05) is 0 Å². The van der Waals surface area contributed by atoms with Gasteiger partial charge in [-0.3, -0.25) is 0 Å². The van der Waals surface area contributed by atoms with Gasteiger partial charge in [-0.2, -0.15) is 0 Å². The average Bonchev–Trinajstić information content (AvgIpc) is 2.85. The van der Waals surface area contributed by atoms with E-state index in [2.05, 4.69) is 19.2 Å². The third-order valence-electron chi connectivity index (χ3n) is 5.08. The van der Waals surface area contributed by atoms with Crippen LogP contribution in [0.5, 0.6) is 0 Å². The van der Waals surface area contributed by atoms with Gasteiger partial charge in [0.25, 0.3) is 0 Å². The molecule has 0 amide bonds. The summed E-state index contributed by atoms with van der Waals surface area (Å²) in [5, 5.41) is 3.76. The van der Waals surface area contributed by atoms with E-state index < -0.39 is 0 Å². The molecule has 17 heavy (non-hydrogen) atoms. The van der Waals surface area contributed by atoms with Crippen LogP contribution in [-0.4, -0.2) is 31.3 Å². The fraction of sp³-hybridized carbons (Fsp3) is 1.00. The van der Waals surface area contributed by atoms with Gasteiger partial charge in [-0.15, -0.1) is 0 Å². The quantitative estimate of drug-likeness (QED) is 0.789. The van der Waals surface area contributed by atoms with Crippen molar-refractivity contribution in [1.29, 1.82) is 0 Å². The van der Waals surface area contributed by atoms with Crippen molar-refractivity contribution in [3.8, 4) is 0 Å². The summed E-state index contributed by atoms with van der Waals surface area (Å²) in [6.45, 7) is 7.40. The summed E-state index contributed by atoms with van der Waals surface area (Å²) in [7, 11) is 0. The van der Waals surface area contributed by atoms with Crippen molar-refractivity contribution in [1.82, 2.24) is 5.32 Å². The lowest BCUT2D eigenvalue weighted by atomic mass is 9.68. The highest BCUT2D eigenvalue weighted by Gasteiger charge is 2.40. The Hall–Kier alpha value is -0.120. The van der Waals surface area contributed by atoms with E-state index in [0.717, 1.165) is 25.6 Å². The highest BCUT2D eigenvalue weighted by molar-refractivity contribution is 4.99. The molecule has 1 aliphatic heterocycles. The molecule has 0 bridgehead atoms. The number of hydrogen-bond acceptors (Lipinski definition) is 3. The Balaban J connectivity index is 1.92. The van der Waals surface area contributed by atoms with Gasteiger partial charge in [-0.05, 0) is 31.1 Å². The van der Waals surface area contributed by atoms with Gasteiger partial charge in [-0.25, -0.2) is 0 Å². The minimum atomic E-state index is 0.156. The molecule has 1 heterocycles. The van der Waals surface area contributed by atoms with Gasteiger partial charge in [0.05, 0.1) is 6.10 Å². The third kappa shape index (κ3) is 2.83. The van der Waals surface area contributed by atoms with Gasteiger partial charge in [0.2, 0.25) is 0 Å². The number of hydrogen-bond donors (Lipinski definition) is 2. The van der Waals surface area contributed by atoms with Gasteiger partial charge in [-0.1, -0.05) is 26.7 Å². The second-order valence-corrected chi connectivity index (χ2v) is 6.03. The van der Waals surface area contributed by atoms with Crippen LogP contribution in [0.2, 0.25) is 0 Å². The summed E-state index contributed by atoms with van der Waals surface area (Å²) >= 11 is 0. The molecule has 4 unspecified atom stereocenters. The molecule has 4 atom stereocenters. The van der Waals surface area contributed by atoms with Crippen molar-refractivity contribution in [2.24, 2.45) is 17.6 Å². The van der Waals surface area contributed by atoms with E-state index in [0.29, 0.717) is 12.0 Å². The molecular weight excluding hydrogens is 212 g/mol. The van der Waals surface area contributed by atoms with Crippen LogP contribution in [-0.2, 0) is 4.74 Å². The first-order valence-electron chi connectivity index (χ1n) is 7.24. The van der Waals surface area contributed by atoms with Crippen molar-refractivity contribution < 1.29 is 4.74 Å². The predicted octanol–water partition coefficient (Wildman–Crippen LogP) is 1.91. The van der Waals surface area contributed by atoms with Crippen LogP contribution in [0.3, 0.4) is 0 Å². The fourth-order valence-corrected chi connectivity index (χ4v) is 3.49. The van der Waals surface area contributed by atoms with E-state index >= 15 is 0 Å². The monoisotopic (exact) mass is 240 g/mol. The van der Waals surface area contributed by atoms with Crippen molar-refractivity contribution in [2.75, 3.05) is 19.7 Å². The van der Waals surface area contributed by atoms with Crippen LogP contribution in [0.1, 0.15) is 46.0 Å². The van der Waals surface area contributed by atoms with Crippen molar-refractivity contribution >= 4 is 0 Å². The topological polar surface area (TPSA) is 47.3 Å². The number of ether oxygens (including phenoxy) is 1. The van der Waals surface area contributed by atoms with E-state index in [9.17, 15) is 0 Å². The molecule has 0 spiro atoms. The molecule has 2 aliphatic rings. The molecule has 1 aliphatic carbocycles.